The van der Waals surface area contributed by atoms with Gasteiger partial charge in [0.25, 0.3) is 0 Å². The molecule has 0 bridgehead atoms. The second-order valence-electron chi connectivity index (χ2n) is 6.95. The Hall–Kier alpha value is -3.00. The van der Waals surface area contributed by atoms with Crippen LogP contribution in [0.15, 0.2) is 59.3 Å². The quantitative estimate of drug-likeness (QED) is 0.432. The van der Waals surface area contributed by atoms with Crippen molar-refractivity contribution in [2.24, 2.45) is 7.05 Å². The number of benzene rings is 2. The number of hydrogen-bond acceptors (Lipinski definition) is 5. The van der Waals surface area contributed by atoms with Crippen LogP contribution in [0.3, 0.4) is 0 Å². The molecule has 0 radical (unpaired) electrons. The molecule has 31 heavy (non-hydrogen) atoms. The van der Waals surface area contributed by atoms with Crippen LogP contribution < -0.4 is 19.5 Å². The second-order valence-corrected chi connectivity index (χ2v) is 7.87. The van der Waals surface area contributed by atoms with Gasteiger partial charge in [-0.15, -0.1) is 0 Å². The molecule has 0 spiro atoms. The molecule has 1 heterocycles. The summed E-state index contributed by atoms with van der Waals surface area (Å²) in [6.45, 7) is 0.448. The summed E-state index contributed by atoms with van der Waals surface area (Å²) in [5.41, 5.74) is 0.823. The molecule has 7 nitrogen and oxygen atoms in total. The van der Waals surface area contributed by atoms with Crippen molar-refractivity contribution in [1.29, 1.82) is 0 Å². The van der Waals surface area contributed by atoms with Crippen LogP contribution in [0.2, 0.25) is 0 Å². The first kappa shape index (κ1) is 22.7. The third kappa shape index (κ3) is 6.24. The van der Waals surface area contributed by atoms with Gasteiger partial charge in [0.2, 0.25) is 5.91 Å². The van der Waals surface area contributed by atoms with Gasteiger partial charge in [-0.3, -0.25) is 4.79 Å². The third-order valence-corrected chi connectivity index (χ3v) is 5.24. The highest BCUT2D eigenvalue weighted by Gasteiger charge is 2.22. The van der Waals surface area contributed by atoms with Crippen molar-refractivity contribution in [1.82, 2.24) is 14.9 Å². The summed E-state index contributed by atoms with van der Waals surface area (Å²) in [7, 11) is 5.08. The lowest BCUT2D eigenvalue weighted by Crippen LogP contribution is -2.31. The average molecular weight is 488 g/mol. The summed E-state index contributed by atoms with van der Waals surface area (Å²) >= 11 is 3.42. The lowest BCUT2D eigenvalue weighted by molar-refractivity contribution is -0.121. The minimum atomic E-state index is -0.442. The van der Waals surface area contributed by atoms with Crippen molar-refractivity contribution in [2.75, 3.05) is 20.8 Å². The van der Waals surface area contributed by atoms with Crippen molar-refractivity contribution in [3.05, 3.63) is 70.7 Å². The topological polar surface area (TPSA) is 74.6 Å². The highest BCUT2D eigenvalue weighted by atomic mass is 79.9. The molecule has 8 heteroatoms. The van der Waals surface area contributed by atoms with Crippen molar-refractivity contribution >= 4 is 21.8 Å². The highest BCUT2D eigenvalue weighted by molar-refractivity contribution is 9.10. The fourth-order valence-electron chi connectivity index (χ4n) is 3.16. The van der Waals surface area contributed by atoms with Crippen molar-refractivity contribution in [2.45, 2.75) is 18.9 Å². The van der Waals surface area contributed by atoms with Gasteiger partial charge in [-0.25, -0.2) is 4.98 Å². The molecular weight excluding hydrogens is 462 g/mol. The molecule has 1 aromatic heterocycles. The molecule has 3 aromatic rings. The number of carbonyl (C=O) groups excluding carboxylic acids is 1. The van der Waals surface area contributed by atoms with E-state index in [2.05, 4.69) is 26.2 Å². The largest absolute Gasteiger partial charge is 0.497 e. The van der Waals surface area contributed by atoms with E-state index < -0.39 is 6.04 Å². The lowest BCUT2D eigenvalue weighted by atomic mass is 10.0. The first-order valence-corrected chi connectivity index (χ1v) is 10.7. The standard InChI is InChI=1S/C23H26BrN3O4/c1-27-10-9-25-23(27)22(16-12-19(29-2)15-20(13-16)30-3)26-21(28)8-5-11-31-18-7-4-6-17(24)14-18/h4,6-7,9-10,12-15,22H,5,8,11H2,1-3H3,(H,26,28). The fraction of sp³-hybridized carbons (Fsp3) is 0.304. The van der Waals surface area contributed by atoms with E-state index in [1.165, 1.54) is 0 Å². The zero-order chi connectivity index (χ0) is 22.2. The molecule has 3 rings (SSSR count). The number of halogens is 1. The molecule has 164 valence electrons. The maximum absolute atomic E-state index is 12.7. The number of imidazole rings is 1. The smallest absolute Gasteiger partial charge is 0.220 e. The van der Waals surface area contributed by atoms with Crippen LogP contribution >= 0.6 is 15.9 Å². The molecule has 1 amide bonds. The van der Waals surface area contributed by atoms with Crippen LogP contribution in [0.25, 0.3) is 0 Å². The van der Waals surface area contributed by atoms with E-state index in [9.17, 15) is 4.79 Å². The van der Waals surface area contributed by atoms with Crippen LogP contribution in [0.4, 0.5) is 0 Å². The van der Waals surface area contributed by atoms with Gasteiger partial charge in [-0.2, -0.15) is 0 Å². The number of nitrogens with zero attached hydrogens (tertiary/aromatic N) is 2. The Morgan fingerprint density at radius 1 is 1.13 bits per heavy atom. The fourth-order valence-corrected chi connectivity index (χ4v) is 3.54. The van der Waals surface area contributed by atoms with E-state index in [1.807, 2.05) is 54.2 Å². The second kappa shape index (κ2) is 10.9. The Kier molecular flexibility index (Phi) is 7.94. The monoisotopic (exact) mass is 487 g/mol. The van der Waals surface area contributed by atoms with Crippen LogP contribution in [0.5, 0.6) is 17.2 Å². The average Bonchev–Trinajstić information content (AvgIpc) is 3.20. The van der Waals surface area contributed by atoms with Crippen LogP contribution in [0, 0.1) is 0 Å². The minimum absolute atomic E-state index is 0.0902. The van der Waals surface area contributed by atoms with Crippen molar-refractivity contribution < 1.29 is 19.0 Å². The third-order valence-electron chi connectivity index (χ3n) is 4.74. The number of methoxy groups -OCH3 is 2. The normalized spacial score (nSPS) is 11.6. The number of rotatable bonds is 10. The summed E-state index contributed by atoms with van der Waals surface area (Å²) in [5, 5.41) is 3.09. The van der Waals surface area contributed by atoms with Gasteiger partial charge in [0.1, 0.15) is 29.1 Å². The van der Waals surface area contributed by atoms with Gasteiger partial charge < -0.3 is 24.1 Å². The summed E-state index contributed by atoms with van der Waals surface area (Å²) in [5.74, 6) is 2.68. The lowest BCUT2D eigenvalue weighted by Gasteiger charge is -2.20. The Bertz CT molecular complexity index is 999. The first-order chi connectivity index (χ1) is 15.0. The molecule has 0 aliphatic rings. The molecule has 0 aliphatic heterocycles. The van der Waals surface area contributed by atoms with Gasteiger partial charge >= 0.3 is 0 Å². The van der Waals surface area contributed by atoms with E-state index in [4.69, 9.17) is 14.2 Å². The van der Waals surface area contributed by atoms with Gasteiger partial charge in [-0.1, -0.05) is 22.0 Å². The van der Waals surface area contributed by atoms with Crippen LogP contribution in [0.1, 0.15) is 30.3 Å². The van der Waals surface area contributed by atoms with Crippen molar-refractivity contribution in [3.8, 4) is 17.2 Å². The van der Waals surface area contributed by atoms with E-state index in [-0.39, 0.29) is 5.91 Å². The maximum atomic E-state index is 12.7. The molecule has 0 aliphatic carbocycles. The SMILES string of the molecule is COc1cc(OC)cc(C(NC(=O)CCCOc2cccc(Br)c2)c2nccn2C)c1. The maximum Gasteiger partial charge on any atom is 0.220 e. The zero-order valence-corrected chi connectivity index (χ0v) is 19.4. The molecule has 0 saturated heterocycles. The Morgan fingerprint density at radius 3 is 2.48 bits per heavy atom. The molecule has 1 unspecified atom stereocenters. The Balaban J connectivity index is 1.68. The molecule has 0 fully saturated rings. The predicted molar refractivity (Wildman–Crippen MR) is 122 cm³/mol. The number of amides is 1. The number of ether oxygens (including phenoxy) is 3. The minimum Gasteiger partial charge on any atom is -0.497 e. The zero-order valence-electron chi connectivity index (χ0n) is 17.8. The predicted octanol–water partition coefficient (Wildman–Crippen LogP) is 4.26. The van der Waals surface area contributed by atoms with Gasteiger partial charge in [-0.05, 0) is 42.3 Å². The molecule has 1 N–H and O–H groups in total. The van der Waals surface area contributed by atoms with E-state index in [0.717, 1.165) is 15.8 Å². The van der Waals surface area contributed by atoms with Gasteiger partial charge in [0.15, 0.2) is 0 Å². The van der Waals surface area contributed by atoms with E-state index in [0.29, 0.717) is 36.8 Å². The Morgan fingerprint density at radius 2 is 1.87 bits per heavy atom. The first-order valence-electron chi connectivity index (χ1n) is 9.88. The Labute approximate surface area is 190 Å². The highest BCUT2D eigenvalue weighted by Crippen LogP contribution is 2.29. The molecule has 1 atom stereocenters. The van der Waals surface area contributed by atoms with Gasteiger partial charge in [0.05, 0.1) is 20.8 Å². The number of hydrogen-bond donors (Lipinski definition) is 1. The molecule has 0 saturated carbocycles. The van der Waals surface area contributed by atoms with E-state index >= 15 is 0 Å². The van der Waals surface area contributed by atoms with Crippen molar-refractivity contribution in [3.63, 3.8) is 0 Å². The summed E-state index contributed by atoms with van der Waals surface area (Å²) in [4.78, 5) is 17.2. The number of carbonyl (C=O) groups is 1. The summed E-state index contributed by atoms with van der Waals surface area (Å²) in [6.07, 6.45) is 4.47. The molecule has 2 aromatic carbocycles. The summed E-state index contributed by atoms with van der Waals surface area (Å²) < 4.78 is 19.3. The van der Waals surface area contributed by atoms with E-state index in [1.54, 1.807) is 26.5 Å². The molecular formula is C23H26BrN3O4. The number of nitrogens with one attached hydrogen (secondary N) is 1. The van der Waals surface area contributed by atoms with Crippen LogP contribution in [-0.4, -0.2) is 36.3 Å². The summed E-state index contributed by atoms with van der Waals surface area (Å²) in [6, 6.07) is 12.7. The number of aromatic nitrogens is 2. The van der Waals surface area contributed by atoms with Gasteiger partial charge in [0, 0.05) is 36.4 Å². The van der Waals surface area contributed by atoms with Crippen LogP contribution in [-0.2, 0) is 11.8 Å². The number of aryl methyl sites for hydroxylation is 1.